The summed E-state index contributed by atoms with van der Waals surface area (Å²) in [6.07, 6.45) is 3.15. The molecule has 0 saturated heterocycles. The molecule has 140 valence electrons. The van der Waals surface area contributed by atoms with Gasteiger partial charge in [-0.15, -0.1) is 0 Å². The zero-order valence-electron chi connectivity index (χ0n) is 15.8. The predicted octanol–water partition coefficient (Wildman–Crippen LogP) is 5.62. The van der Waals surface area contributed by atoms with Gasteiger partial charge in [0.05, 0.1) is 12.2 Å². The smallest absolute Gasteiger partial charge is 0.335 e. The lowest BCUT2D eigenvalue weighted by atomic mass is 9.92. The van der Waals surface area contributed by atoms with Gasteiger partial charge in [0, 0.05) is 0 Å². The molecule has 2 unspecified atom stereocenters. The van der Waals surface area contributed by atoms with Gasteiger partial charge in [0.2, 0.25) is 0 Å². The van der Waals surface area contributed by atoms with Gasteiger partial charge in [-0.3, -0.25) is 0 Å². The molecule has 0 aliphatic carbocycles. The Labute approximate surface area is 155 Å². The fraction of sp³-hybridized carbons (Fsp3) is 0.409. The third kappa shape index (κ3) is 5.88. The van der Waals surface area contributed by atoms with Crippen molar-refractivity contribution in [3.63, 3.8) is 0 Å². The van der Waals surface area contributed by atoms with E-state index in [0.717, 1.165) is 17.7 Å². The minimum atomic E-state index is -0.929. The van der Waals surface area contributed by atoms with Crippen LogP contribution in [0.15, 0.2) is 48.5 Å². The van der Waals surface area contributed by atoms with Crippen molar-refractivity contribution in [3.8, 4) is 5.75 Å². The number of hydrogen-bond acceptors (Lipinski definition) is 3. The molecule has 2 aromatic rings. The van der Waals surface area contributed by atoms with Crippen LogP contribution in [0.5, 0.6) is 5.75 Å². The molecule has 0 aliphatic heterocycles. The van der Waals surface area contributed by atoms with Gasteiger partial charge in [0.15, 0.2) is 6.29 Å². The summed E-state index contributed by atoms with van der Waals surface area (Å²) in [5, 5.41) is 8.91. The van der Waals surface area contributed by atoms with Crippen LogP contribution in [-0.2, 0) is 11.3 Å². The lowest BCUT2D eigenvalue weighted by molar-refractivity contribution is -0.0759. The minimum absolute atomic E-state index is 0.270. The normalized spacial score (nSPS) is 13.2. The second kappa shape index (κ2) is 9.97. The van der Waals surface area contributed by atoms with E-state index < -0.39 is 12.3 Å². The first-order valence-electron chi connectivity index (χ1n) is 9.23. The van der Waals surface area contributed by atoms with Crippen LogP contribution in [0.4, 0.5) is 0 Å². The average molecular weight is 356 g/mol. The SMILES string of the molecule is CCCC(CC)c1ccc(OC(C)OCc2ccc(C(=O)O)cc2)cc1. The molecule has 0 bridgehead atoms. The van der Waals surface area contributed by atoms with Crippen molar-refractivity contribution in [1.82, 2.24) is 0 Å². The number of ether oxygens (including phenoxy) is 2. The van der Waals surface area contributed by atoms with Crippen molar-refractivity contribution in [1.29, 1.82) is 0 Å². The number of carboxylic acid groups (broad SMARTS) is 1. The summed E-state index contributed by atoms with van der Waals surface area (Å²) in [7, 11) is 0. The third-order valence-corrected chi connectivity index (χ3v) is 4.47. The molecule has 4 nitrogen and oxygen atoms in total. The molecule has 0 saturated carbocycles. The third-order valence-electron chi connectivity index (χ3n) is 4.47. The molecule has 1 N–H and O–H groups in total. The Morgan fingerprint density at radius 3 is 2.23 bits per heavy atom. The number of rotatable bonds is 10. The summed E-state index contributed by atoms with van der Waals surface area (Å²) in [5.74, 6) is 0.465. The van der Waals surface area contributed by atoms with Crippen molar-refractivity contribution in [2.75, 3.05) is 0 Å². The monoisotopic (exact) mass is 356 g/mol. The number of benzene rings is 2. The average Bonchev–Trinajstić information content (AvgIpc) is 2.65. The molecule has 0 fully saturated rings. The van der Waals surface area contributed by atoms with Gasteiger partial charge in [-0.25, -0.2) is 4.79 Å². The van der Waals surface area contributed by atoms with Gasteiger partial charge in [-0.05, 0) is 61.1 Å². The highest BCUT2D eigenvalue weighted by Crippen LogP contribution is 2.26. The maximum Gasteiger partial charge on any atom is 0.335 e. The lowest BCUT2D eigenvalue weighted by Crippen LogP contribution is -2.16. The highest BCUT2D eigenvalue weighted by atomic mass is 16.7. The largest absolute Gasteiger partial charge is 0.478 e. The van der Waals surface area contributed by atoms with Crippen LogP contribution >= 0.6 is 0 Å². The number of hydrogen-bond donors (Lipinski definition) is 1. The van der Waals surface area contributed by atoms with Crippen LogP contribution in [0.2, 0.25) is 0 Å². The molecule has 26 heavy (non-hydrogen) atoms. The first kappa shape index (κ1) is 20.0. The number of aromatic carboxylic acids is 1. The second-order valence-corrected chi connectivity index (χ2v) is 6.46. The van der Waals surface area contributed by atoms with E-state index in [1.54, 1.807) is 24.3 Å². The zero-order chi connectivity index (χ0) is 18.9. The maximum absolute atomic E-state index is 10.9. The summed E-state index contributed by atoms with van der Waals surface area (Å²) in [5.41, 5.74) is 2.53. The Hall–Kier alpha value is -2.33. The van der Waals surface area contributed by atoms with Crippen molar-refractivity contribution in [3.05, 3.63) is 65.2 Å². The Kier molecular flexibility index (Phi) is 7.67. The summed E-state index contributed by atoms with van der Waals surface area (Å²) in [4.78, 5) is 10.9. The van der Waals surface area contributed by atoms with E-state index >= 15 is 0 Å². The summed E-state index contributed by atoms with van der Waals surface area (Å²) in [6, 6.07) is 14.9. The number of carbonyl (C=O) groups is 1. The van der Waals surface area contributed by atoms with E-state index in [4.69, 9.17) is 14.6 Å². The quantitative estimate of drug-likeness (QED) is 0.561. The highest BCUT2D eigenvalue weighted by molar-refractivity contribution is 5.87. The number of carboxylic acids is 1. The van der Waals surface area contributed by atoms with Crippen molar-refractivity contribution in [2.45, 2.75) is 58.8 Å². The molecule has 2 aromatic carbocycles. The van der Waals surface area contributed by atoms with Gasteiger partial charge in [0.1, 0.15) is 5.75 Å². The van der Waals surface area contributed by atoms with Gasteiger partial charge < -0.3 is 14.6 Å². The van der Waals surface area contributed by atoms with E-state index in [1.807, 2.05) is 19.1 Å². The summed E-state index contributed by atoms with van der Waals surface area (Å²) >= 11 is 0. The molecule has 0 radical (unpaired) electrons. The molecular weight excluding hydrogens is 328 g/mol. The van der Waals surface area contributed by atoms with Crippen molar-refractivity contribution in [2.24, 2.45) is 0 Å². The van der Waals surface area contributed by atoms with Crippen molar-refractivity contribution < 1.29 is 19.4 Å². The fourth-order valence-electron chi connectivity index (χ4n) is 2.96. The second-order valence-electron chi connectivity index (χ2n) is 6.46. The zero-order valence-corrected chi connectivity index (χ0v) is 15.8. The van der Waals surface area contributed by atoms with Crippen LogP contribution in [0.25, 0.3) is 0 Å². The molecule has 0 heterocycles. The van der Waals surface area contributed by atoms with Crippen LogP contribution < -0.4 is 4.74 Å². The molecule has 0 amide bonds. The topological polar surface area (TPSA) is 55.8 Å². The molecule has 0 aromatic heterocycles. The molecule has 0 spiro atoms. The Morgan fingerprint density at radius 1 is 1.04 bits per heavy atom. The molecular formula is C22H28O4. The first-order valence-corrected chi connectivity index (χ1v) is 9.23. The van der Waals surface area contributed by atoms with Crippen LogP contribution in [-0.4, -0.2) is 17.4 Å². The summed E-state index contributed by atoms with van der Waals surface area (Å²) in [6.45, 7) is 6.66. The Balaban J connectivity index is 1.85. The van der Waals surface area contributed by atoms with Gasteiger partial charge in [0.25, 0.3) is 0 Å². The van der Waals surface area contributed by atoms with Gasteiger partial charge >= 0.3 is 5.97 Å². The molecule has 4 heteroatoms. The molecule has 2 rings (SSSR count). The van der Waals surface area contributed by atoms with E-state index in [-0.39, 0.29) is 5.56 Å². The standard InChI is InChI=1S/C22H28O4/c1-4-6-18(5-2)19-11-13-21(14-12-19)26-16(3)25-15-17-7-9-20(10-8-17)22(23)24/h7-14,16,18H,4-6,15H2,1-3H3,(H,23,24). The van der Waals surface area contributed by atoms with Gasteiger partial charge in [-0.1, -0.05) is 44.5 Å². The lowest BCUT2D eigenvalue weighted by Gasteiger charge is -2.18. The molecule has 0 aliphatic rings. The van der Waals surface area contributed by atoms with Crippen LogP contribution in [0.3, 0.4) is 0 Å². The predicted molar refractivity (Wildman–Crippen MR) is 103 cm³/mol. The van der Waals surface area contributed by atoms with Crippen LogP contribution in [0, 0.1) is 0 Å². The fourth-order valence-corrected chi connectivity index (χ4v) is 2.96. The minimum Gasteiger partial charge on any atom is -0.478 e. The Bertz CT molecular complexity index is 676. The van der Waals surface area contributed by atoms with Gasteiger partial charge in [-0.2, -0.15) is 0 Å². The van der Waals surface area contributed by atoms with E-state index in [9.17, 15) is 4.79 Å². The first-order chi connectivity index (χ1) is 12.5. The highest BCUT2D eigenvalue weighted by Gasteiger charge is 2.10. The van der Waals surface area contributed by atoms with E-state index in [1.165, 1.54) is 18.4 Å². The Morgan fingerprint density at radius 2 is 1.69 bits per heavy atom. The van der Waals surface area contributed by atoms with Crippen LogP contribution in [0.1, 0.15) is 67.4 Å². The van der Waals surface area contributed by atoms with Crippen molar-refractivity contribution >= 4 is 5.97 Å². The molecule has 2 atom stereocenters. The summed E-state index contributed by atoms with van der Waals surface area (Å²) < 4.78 is 11.5. The van der Waals surface area contributed by atoms with E-state index in [2.05, 4.69) is 26.0 Å². The maximum atomic E-state index is 10.9. The van der Waals surface area contributed by atoms with E-state index in [0.29, 0.717) is 12.5 Å².